The number of benzene rings is 2. The molecule has 1 aliphatic heterocycles. The van der Waals surface area contributed by atoms with Gasteiger partial charge in [0.05, 0.1) is 32.1 Å². The molecule has 0 atom stereocenters. The van der Waals surface area contributed by atoms with Crippen molar-refractivity contribution in [1.29, 1.82) is 0 Å². The summed E-state index contributed by atoms with van der Waals surface area (Å²) >= 11 is 1.50. The molecule has 0 saturated carbocycles. The summed E-state index contributed by atoms with van der Waals surface area (Å²) in [6, 6.07) is 11.2. The molecule has 1 amide bonds. The van der Waals surface area contributed by atoms with Gasteiger partial charge in [-0.25, -0.2) is 4.98 Å². The molecule has 1 fully saturated rings. The quantitative estimate of drug-likeness (QED) is 0.474. The summed E-state index contributed by atoms with van der Waals surface area (Å²) in [7, 11) is 3.21. The van der Waals surface area contributed by atoms with Crippen LogP contribution in [0.3, 0.4) is 0 Å². The first-order valence-electron chi connectivity index (χ1n) is 10.9. The highest BCUT2D eigenvalue weighted by Gasteiger charge is 2.24. The van der Waals surface area contributed by atoms with Crippen molar-refractivity contribution in [1.82, 2.24) is 9.88 Å². The van der Waals surface area contributed by atoms with Gasteiger partial charge in [0.15, 0.2) is 23.2 Å². The molecule has 1 saturated heterocycles. The molecule has 33 heavy (non-hydrogen) atoms. The Morgan fingerprint density at radius 3 is 2.55 bits per heavy atom. The van der Waals surface area contributed by atoms with E-state index in [0.29, 0.717) is 42.1 Å². The van der Waals surface area contributed by atoms with Gasteiger partial charge in [-0.05, 0) is 30.7 Å². The number of amides is 1. The first kappa shape index (κ1) is 23.3. The predicted octanol–water partition coefficient (Wildman–Crippen LogP) is 3.37. The van der Waals surface area contributed by atoms with Gasteiger partial charge in [-0.15, -0.1) is 0 Å². The molecule has 176 valence electrons. The Morgan fingerprint density at radius 2 is 1.82 bits per heavy atom. The number of ether oxygens (including phenoxy) is 4. The van der Waals surface area contributed by atoms with Crippen molar-refractivity contribution in [2.75, 3.05) is 65.1 Å². The van der Waals surface area contributed by atoms with Crippen LogP contribution in [0.25, 0.3) is 10.2 Å². The van der Waals surface area contributed by atoms with Gasteiger partial charge in [0, 0.05) is 26.2 Å². The Bertz CT molecular complexity index is 1100. The lowest BCUT2D eigenvalue weighted by Gasteiger charge is -2.29. The lowest BCUT2D eigenvalue weighted by molar-refractivity contribution is -0.120. The fourth-order valence-electron chi connectivity index (χ4n) is 3.73. The SMILES string of the molecule is COc1ccccc1OCC(=O)N(CCN1CCOCC1)c1nc2c(OC)ccc(C)c2s1. The molecule has 2 heterocycles. The van der Waals surface area contributed by atoms with Gasteiger partial charge in [-0.2, -0.15) is 0 Å². The van der Waals surface area contributed by atoms with Gasteiger partial charge < -0.3 is 18.9 Å². The van der Waals surface area contributed by atoms with Crippen molar-refractivity contribution in [3.8, 4) is 17.2 Å². The summed E-state index contributed by atoms with van der Waals surface area (Å²) in [5.41, 5.74) is 1.87. The van der Waals surface area contributed by atoms with E-state index in [1.54, 1.807) is 31.3 Å². The van der Waals surface area contributed by atoms with E-state index >= 15 is 0 Å². The number of rotatable bonds is 9. The molecule has 0 radical (unpaired) electrons. The fourth-order valence-corrected chi connectivity index (χ4v) is 4.82. The van der Waals surface area contributed by atoms with Crippen molar-refractivity contribution in [3.05, 3.63) is 42.0 Å². The number of fused-ring (bicyclic) bond motifs is 1. The minimum Gasteiger partial charge on any atom is -0.494 e. The number of morpholine rings is 1. The number of carbonyl (C=O) groups excluding carboxylic acids is 1. The van der Waals surface area contributed by atoms with Crippen molar-refractivity contribution < 1.29 is 23.7 Å². The first-order chi connectivity index (χ1) is 16.1. The number of carbonyl (C=O) groups is 1. The molecule has 0 aliphatic carbocycles. The largest absolute Gasteiger partial charge is 0.494 e. The van der Waals surface area contributed by atoms with Gasteiger partial charge in [0.1, 0.15) is 11.3 Å². The second kappa shape index (κ2) is 10.8. The molecular weight excluding hydrogens is 442 g/mol. The van der Waals surface area contributed by atoms with Gasteiger partial charge >= 0.3 is 0 Å². The molecule has 0 spiro atoms. The number of methoxy groups -OCH3 is 2. The summed E-state index contributed by atoms with van der Waals surface area (Å²) in [4.78, 5) is 22.2. The van der Waals surface area contributed by atoms with Crippen LogP contribution in [0.5, 0.6) is 17.2 Å². The number of thiazole rings is 1. The van der Waals surface area contributed by atoms with Gasteiger partial charge in [0.25, 0.3) is 5.91 Å². The highest BCUT2D eigenvalue weighted by Crippen LogP contribution is 2.36. The van der Waals surface area contributed by atoms with Crippen molar-refractivity contribution in [2.45, 2.75) is 6.92 Å². The Labute approximate surface area is 197 Å². The number of para-hydroxylation sites is 2. The van der Waals surface area contributed by atoms with Crippen LogP contribution in [0.15, 0.2) is 36.4 Å². The number of aryl methyl sites for hydroxylation is 1. The number of nitrogens with zero attached hydrogens (tertiary/aromatic N) is 3. The number of hydrogen-bond donors (Lipinski definition) is 0. The number of hydrogen-bond acceptors (Lipinski definition) is 8. The molecule has 1 aromatic heterocycles. The van der Waals surface area contributed by atoms with Crippen molar-refractivity contribution in [2.24, 2.45) is 0 Å². The number of aromatic nitrogens is 1. The standard InChI is InChI=1S/C24H29N3O5S/c1-17-8-9-20(30-3)22-23(17)33-24(25-22)27(11-10-26-12-14-31-15-13-26)21(28)16-32-19-7-5-4-6-18(19)29-2/h4-9H,10-16H2,1-3H3. The Kier molecular flexibility index (Phi) is 7.64. The zero-order valence-electron chi connectivity index (χ0n) is 19.2. The lowest BCUT2D eigenvalue weighted by Crippen LogP contribution is -2.44. The van der Waals surface area contributed by atoms with Crippen LogP contribution in [-0.2, 0) is 9.53 Å². The molecule has 1 aliphatic rings. The van der Waals surface area contributed by atoms with E-state index < -0.39 is 0 Å². The molecule has 0 unspecified atom stereocenters. The summed E-state index contributed by atoms with van der Waals surface area (Å²) in [6.45, 7) is 6.29. The Morgan fingerprint density at radius 1 is 1.09 bits per heavy atom. The van der Waals surface area contributed by atoms with Gasteiger partial charge in [0.2, 0.25) is 0 Å². The maximum absolute atomic E-state index is 13.4. The van der Waals surface area contributed by atoms with Crippen LogP contribution in [0, 0.1) is 6.92 Å². The fraction of sp³-hybridized carbons (Fsp3) is 0.417. The van der Waals surface area contributed by atoms with E-state index in [-0.39, 0.29) is 12.5 Å². The lowest BCUT2D eigenvalue weighted by atomic mass is 10.2. The average Bonchev–Trinajstić information content (AvgIpc) is 3.30. The molecule has 0 N–H and O–H groups in total. The molecule has 0 bridgehead atoms. The molecule has 9 heteroatoms. The van der Waals surface area contributed by atoms with Crippen LogP contribution in [0.1, 0.15) is 5.56 Å². The minimum atomic E-state index is -0.162. The highest BCUT2D eigenvalue weighted by molar-refractivity contribution is 7.22. The zero-order chi connectivity index (χ0) is 23.2. The van der Waals surface area contributed by atoms with E-state index in [2.05, 4.69) is 4.90 Å². The summed E-state index contributed by atoms with van der Waals surface area (Å²) < 4.78 is 23.1. The molecule has 2 aromatic carbocycles. The maximum atomic E-state index is 13.4. The van der Waals surface area contributed by atoms with Crippen LogP contribution in [0.2, 0.25) is 0 Å². The van der Waals surface area contributed by atoms with E-state index in [1.807, 2.05) is 31.2 Å². The van der Waals surface area contributed by atoms with E-state index in [9.17, 15) is 4.79 Å². The van der Waals surface area contributed by atoms with Crippen LogP contribution >= 0.6 is 11.3 Å². The van der Waals surface area contributed by atoms with Gasteiger partial charge in [-0.3, -0.25) is 14.6 Å². The molecular formula is C24H29N3O5S. The predicted molar refractivity (Wildman–Crippen MR) is 129 cm³/mol. The van der Waals surface area contributed by atoms with E-state index in [1.165, 1.54) is 11.3 Å². The van der Waals surface area contributed by atoms with E-state index in [4.69, 9.17) is 23.9 Å². The second-order valence-corrected chi connectivity index (χ2v) is 8.68. The third-order valence-corrected chi connectivity index (χ3v) is 6.82. The molecule has 3 aromatic rings. The zero-order valence-corrected chi connectivity index (χ0v) is 20.0. The first-order valence-corrected chi connectivity index (χ1v) is 11.7. The van der Waals surface area contributed by atoms with Crippen LogP contribution in [-0.4, -0.2) is 76.0 Å². The van der Waals surface area contributed by atoms with Crippen LogP contribution < -0.4 is 19.1 Å². The maximum Gasteiger partial charge on any atom is 0.266 e. The van der Waals surface area contributed by atoms with E-state index in [0.717, 1.165) is 35.4 Å². The van der Waals surface area contributed by atoms with Gasteiger partial charge in [-0.1, -0.05) is 29.5 Å². The second-order valence-electron chi connectivity index (χ2n) is 7.70. The summed E-state index contributed by atoms with van der Waals surface area (Å²) in [6.07, 6.45) is 0. The van der Waals surface area contributed by atoms with Crippen LogP contribution in [0.4, 0.5) is 5.13 Å². The third-order valence-electron chi connectivity index (χ3n) is 5.61. The molecule has 4 rings (SSSR count). The number of anilines is 1. The Hall–Kier alpha value is -2.88. The smallest absolute Gasteiger partial charge is 0.266 e. The highest BCUT2D eigenvalue weighted by atomic mass is 32.1. The van der Waals surface area contributed by atoms with Crippen molar-refractivity contribution in [3.63, 3.8) is 0 Å². The summed E-state index contributed by atoms with van der Waals surface area (Å²) in [5.74, 6) is 1.66. The van der Waals surface area contributed by atoms with Crippen molar-refractivity contribution >= 4 is 32.6 Å². The topological polar surface area (TPSA) is 73.4 Å². The normalized spacial score (nSPS) is 14.3. The molecule has 8 nitrogen and oxygen atoms in total. The Balaban J connectivity index is 1.58. The third kappa shape index (κ3) is 5.38. The minimum absolute atomic E-state index is 0.116. The monoisotopic (exact) mass is 471 g/mol. The average molecular weight is 472 g/mol. The summed E-state index contributed by atoms with van der Waals surface area (Å²) in [5, 5.41) is 0.638.